The summed E-state index contributed by atoms with van der Waals surface area (Å²) in [5, 5.41) is 4.34. The number of rotatable bonds is 5. The third kappa shape index (κ3) is 3.52. The van der Waals surface area contributed by atoms with Crippen LogP contribution in [0.1, 0.15) is 5.56 Å². The lowest BCUT2D eigenvalue weighted by atomic mass is 10.1. The van der Waals surface area contributed by atoms with E-state index in [2.05, 4.69) is 15.3 Å². The van der Waals surface area contributed by atoms with Crippen LogP contribution in [0.3, 0.4) is 0 Å². The topological polar surface area (TPSA) is 50.7 Å². The summed E-state index contributed by atoms with van der Waals surface area (Å²) in [5.41, 5.74) is 2.74. The predicted molar refractivity (Wildman–Crippen MR) is 101 cm³/mol. The number of pyridine rings is 1. The maximum Gasteiger partial charge on any atom is 0.162 e. The molecule has 0 unspecified atom stereocenters. The first-order chi connectivity index (χ1) is 12.8. The summed E-state index contributed by atoms with van der Waals surface area (Å²) in [6, 6.07) is 18.3. The van der Waals surface area contributed by atoms with Gasteiger partial charge < -0.3 is 5.32 Å². The summed E-state index contributed by atoms with van der Waals surface area (Å²) in [7, 11) is 0. The van der Waals surface area contributed by atoms with Crippen LogP contribution in [0.2, 0.25) is 0 Å². The number of anilines is 1. The van der Waals surface area contributed by atoms with Gasteiger partial charge in [-0.05, 0) is 48.4 Å². The molecule has 5 heteroatoms. The van der Waals surface area contributed by atoms with Crippen LogP contribution in [0.5, 0.6) is 0 Å². The fraction of sp³-hybridized carbons (Fsp3) is 0.0952. The van der Waals surface area contributed by atoms with E-state index in [1.807, 2.05) is 42.5 Å². The lowest BCUT2D eigenvalue weighted by molar-refractivity contribution is 0.625. The summed E-state index contributed by atoms with van der Waals surface area (Å²) in [6.07, 6.45) is 4.16. The Labute approximate surface area is 150 Å². The van der Waals surface area contributed by atoms with Crippen LogP contribution in [0, 0.1) is 5.82 Å². The summed E-state index contributed by atoms with van der Waals surface area (Å²) < 4.78 is 13.3. The van der Waals surface area contributed by atoms with E-state index in [0.29, 0.717) is 18.8 Å². The van der Waals surface area contributed by atoms with Crippen molar-refractivity contribution in [2.24, 2.45) is 0 Å². The molecule has 0 radical (unpaired) electrons. The van der Waals surface area contributed by atoms with Crippen molar-refractivity contribution in [1.82, 2.24) is 15.0 Å². The highest BCUT2D eigenvalue weighted by Crippen LogP contribution is 2.24. The molecular weight excluding hydrogens is 327 g/mol. The average molecular weight is 344 g/mol. The van der Waals surface area contributed by atoms with Crippen LogP contribution in [-0.4, -0.2) is 21.5 Å². The van der Waals surface area contributed by atoms with Crippen LogP contribution in [0.25, 0.3) is 22.3 Å². The van der Waals surface area contributed by atoms with Crippen molar-refractivity contribution in [1.29, 1.82) is 0 Å². The van der Waals surface area contributed by atoms with Gasteiger partial charge in [0.05, 0.1) is 5.52 Å². The zero-order chi connectivity index (χ0) is 17.8. The van der Waals surface area contributed by atoms with E-state index < -0.39 is 0 Å². The molecule has 0 bridgehead atoms. The largest absolute Gasteiger partial charge is 0.369 e. The van der Waals surface area contributed by atoms with Gasteiger partial charge in [0.2, 0.25) is 0 Å². The number of hydrogen-bond donors (Lipinski definition) is 1. The molecule has 4 rings (SSSR count). The maximum absolute atomic E-state index is 13.3. The van der Waals surface area contributed by atoms with Gasteiger partial charge in [-0.2, -0.15) is 0 Å². The van der Waals surface area contributed by atoms with Gasteiger partial charge >= 0.3 is 0 Å². The Bertz CT molecular complexity index is 1030. The number of benzene rings is 2. The normalized spacial score (nSPS) is 10.8. The molecule has 26 heavy (non-hydrogen) atoms. The molecule has 0 spiro atoms. The van der Waals surface area contributed by atoms with Crippen LogP contribution < -0.4 is 5.32 Å². The van der Waals surface area contributed by atoms with Crippen molar-refractivity contribution < 1.29 is 4.39 Å². The molecule has 0 aliphatic carbocycles. The molecule has 0 aliphatic rings. The zero-order valence-corrected chi connectivity index (χ0v) is 14.1. The van der Waals surface area contributed by atoms with E-state index in [-0.39, 0.29) is 5.82 Å². The minimum Gasteiger partial charge on any atom is -0.369 e. The molecule has 0 atom stereocenters. The minimum absolute atomic E-state index is 0.213. The van der Waals surface area contributed by atoms with Gasteiger partial charge in [-0.3, -0.25) is 4.98 Å². The standard InChI is InChI=1S/C21H17FN4/c22-17-5-3-4-15(14-17)8-13-24-21-18-6-1-2-7-19(18)25-20(26-21)16-9-11-23-12-10-16/h1-7,9-12,14H,8,13H2,(H,24,25,26). The van der Waals surface area contributed by atoms with Crippen LogP contribution in [0.15, 0.2) is 73.1 Å². The van der Waals surface area contributed by atoms with Crippen molar-refractivity contribution in [3.8, 4) is 11.4 Å². The minimum atomic E-state index is -0.213. The molecule has 128 valence electrons. The molecule has 4 nitrogen and oxygen atoms in total. The second kappa shape index (κ2) is 7.27. The number of para-hydroxylation sites is 1. The molecule has 2 aromatic carbocycles. The second-order valence-electron chi connectivity index (χ2n) is 5.96. The van der Waals surface area contributed by atoms with Crippen LogP contribution >= 0.6 is 0 Å². The first-order valence-corrected chi connectivity index (χ1v) is 8.45. The highest BCUT2D eigenvalue weighted by molar-refractivity contribution is 5.90. The van der Waals surface area contributed by atoms with E-state index in [4.69, 9.17) is 4.98 Å². The van der Waals surface area contributed by atoms with Gasteiger partial charge in [0, 0.05) is 29.9 Å². The lowest BCUT2D eigenvalue weighted by Crippen LogP contribution is -2.08. The predicted octanol–water partition coefficient (Wildman–Crippen LogP) is 4.49. The molecule has 0 fully saturated rings. The van der Waals surface area contributed by atoms with E-state index in [1.54, 1.807) is 24.5 Å². The molecular formula is C21H17FN4. The number of halogens is 1. The summed E-state index contributed by atoms with van der Waals surface area (Å²) in [5.74, 6) is 1.22. The first kappa shape index (κ1) is 16.1. The number of hydrogen-bond acceptors (Lipinski definition) is 4. The van der Waals surface area contributed by atoms with E-state index >= 15 is 0 Å². The lowest BCUT2D eigenvalue weighted by Gasteiger charge is -2.11. The highest BCUT2D eigenvalue weighted by Gasteiger charge is 2.09. The monoisotopic (exact) mass is 344 g/mol. The Morgan fingerprint density at radius 3 is 2.58 bits per heavy atom. The third-order valence-electron chi connectivity index (χ3n) is 4.14. The maximum atomic E-state index is 13.3. The van der Waals surface area contributed by atoms with Gasteiger partial charge in [0.15, 0.2) is 5.82 Å². The molecule has 1 N–H and O–H groups in total. The van der Waals surface area contributed by atoms with Gasteiger partial charge in [-0.1, -0.05) is 24.3 Å². The molecule has 0 saturated heterocycles. The van der Waals surface area contributed by atoms with Gasteiger partial charge in [0.1, 0.15) is 11.6 Å². The van der Waals surface area contributed by atoms with E-state index in [0.717, 1.165) is 27.8 Å². The Morgan fingerprint density at radius 2 is 1.73 bits per heavy atom. The summed E-state index contributed by atoms with van der Waals surface area (Å²) >= 11 is 0. The Balaban J connectivity index is 1.62. The Morgan fingerprint density at radius 1 is 0.885 bits per heavy atom. The van der Waals surface area contributed by atoms with Crippen molar-refractivity contribution in [3.05, 3.63) is 84.4 Å². The average Bonchev–Trinajstić information content (AvgIpc) is 2.68. The molecule has 4 aromatic rings. The van der Waals surface area contributed by atoms with Crippen molar-refractivity contribution in [2.45, 2.75) is 6.42 Å². The fourth-order valence-corrected chi connectivity index (χ4v) is 2.86. The van der Waals surface area contributed by atoms with Gasteiger partial charge in [0.25, 0.3) is 0 Å². The van der Waals surface area contributed by atoms with Crippen molar-refractivity contribution >= 4 is 16.7 Å². The van der Waals surface area contributed by atoms with Crippen LogP contribution in [0.4, 0.5) is 10.2 Å². The molecule has 0 saturated carbocycles. The number of nitrogens with one attached hydrogen (secondary N) is 1. The highest BCUT2D eigenvalue weighted by atomic mass is 19.1. The van der Waals surface area contributed by atoms with Crippen molar-refractivity contribution in [3.63, 3.8) is 0 Å². The smallest absolute Gasteiger partial charge is 0.162 e. The molecule has 2 aromatic heterocycles. The fourth-order valence-electron chi connectivity index (χ4n) is 2.86. The molecule has 0 amide bonds. The first-order valence-electron chi connectivity index (χ1n) is 8.45. The quantitative estimate of drug-likeness (QED) is 0.580. The van der Waals surface area contributed by atoms with Crippen molar-refractivity contribution in [2.75, 3.05) is 11.9 Å². The van der Waals surface area contributed by atoms with Gasteiger partial charge in [-0.25, -0.2) is 14.4 Å². The van der Waals surface area contributed by atoms with Crippen LogP contribution in [-0.2, 0) is 6.42 Å². The van der Waals surface area contributed by atoms with E-state index in [1.165, 1.54) is 6.07 Å². The molecule has 0 aliphatic heterocycles. The molecule has 2 heterocycles. The van der Waals surface area contributed by atoms with E-state index in [9.17, 15) is 4.39 Å². The SMILES string of the molecule is Fc1cccc(CCNc2nc(-c3ccncc3)nc3ccccc23)c1. The van der Waals surface area contributed by atoms with Gasteiger partial charge in [-0.15, -0.1) is 0 Å². The summed E-state index contributed by atoms with van der Waals surface area (Å²) in [4.78, 5) is 13.4. The summed E-state index contributed by atoms with van der Waals surface area (Å²) in [6.45, 7) is 0.653. The number of aromatic nitrogens is 3. The number of nitrogens with zero attached hydrogens (tertiary/aromatic N) is 3. The zero-order valence-electron chi connectivity index (χ0n) is 14.1. The second-order valence-corrected chi connectivity index (χ2v) is 5.96. The Hall–Kier alpha value is -3.34. The number of fused-ring (bicyclic) bond motifs is 1. The third-order valence-corrected chi connectivity index (χ3v) is 4.14. The Kier molecular flexibility index (Phi) is 4.51.